The molecule has 0 aromatic heterocycles. The number of amidine groups is 1. The molecule has 1 aromatic carbocycles. The molecule has 1 heterocycles. The number of hydrogen-bond donors (Lipinski definition) is 0. The summed E-state index contributed by atoms with van der Waals surface area (Å²) in [5.41, 5.74) is -3.35. The normalized spacial score (nSPS) is 18.9. The summed E-state index contributed by atoms with van der Waals surface area (Å²) in [7, 11) is 3.63. The minimum absolute atomic E-state index is 0.139. The average molecular weight is 417 g/mol. The first kappa shape index (κ1) is 22.3. The molecule has 2 rings (SSSR count). The van der Waals surface area contributed by atoms with Crippen molar-refractivity contribution in [1.29, 1.82) is 0 Å². The highest BCUT2D eigenvalue weighted by Crippen LogP contribution is 2.39. The van der Waals surface area contributed by atoms with Gasteiger partial charge in [0.25, 0.3) is 6.02 Å². The molecular formula is C18H22F3N3O5. The van der Waals surface area contributed by atoms with Gasteiger partial charge in [0.05, 0.1) is 21.3 Å². The number of ether oxygens (including phenoxy) is 4. The van der Waals surface area contributed by atoms with Gasteiger partial charge in [-0.2, -0.15) is 23.2 Å². The van der Waals surface area contributed by atoms with Crippen LogP contribution in [0.5, 0.6) is 11.5 Å². The van der Waals surface area contributed by atoms with Gasteiger partial charge in [0.1, 0.15) is 0 Å². The zero-order chi connectivity index (χ0) is 21.8. The number of hydrogen-bond acceptors (Lipinski definition) is 8. The van der Waals surface area contributed by atoms with E-state index in [9.17, 15) is 18.0 Å². The highest BCUT2D eigenvalue weighted by atomic mass is 19.4. The lowest BCUT2D eigenvalue weighted by Crippen LogP contribution is -2.54. The van der Waals surface area contributed by atoms with Crippen LogP contribution in [0.4, 0.5) is 13.2 Å². The minimum Gasteiger partial charge on any atom is -0.493 e. The van der Waals surface area contributed by atoms with Gasteiger partial charge in [-0.05, 0) is 32.0 Å². The van der Waals surface area contributed by atoms with Crippen molar-refractivity contribution in [3.8, 4) is 11.5 Å². The third-order valence-corrected chi connectivity index (χ3v) is 4.24. The average Bonchev–Trinajstić information content (AvgIpc) is 2.72. The molecule has 0 bridgehead atoms. The largest absolute Gasteiger partial charge is 0.493 e. The summed E-state index contributed by atoms with van der Waals surface area (Å²) < 4.78 is 62.3. The first-order valence-electron chi connectivity index (χ1n) is 8.67. The maximum absolute atomic E-state index is 14.0. The number of methoxy groups -OCH3 is 3. The molecule has 160 valence electrons. The quantitative estimate of drug-likeness (QED) is 0.662. The van der Waals surface area contributed by atoms with Crippen molar-refractivity contribution >= 4 is 17.9 Å². The smallest absolute Gasteiger partial charge is 0.446 e. The van der Waals surface area contributed by atoms with E-state index in [1.54, 1.807) is 13.8 Å². The van der Waals surface area contributed by atoms with Crippen molar-refractivity contribution in [2.75, 3.05) is 34.4 Å². The third kappa shape index (κ3) is 4.08. The van der Waals surface area contributed by atoms with Gasteiger partial charge in [-0.3, -0.25) is 0 Å². The van der Waals surface area contributed by atoms with Crippen molar-refractivity contribution in [2.45, 2.75) is 25.7 Å². The molecule has 1 unspecified atom stereocenters. The highest BCUT2D eigenvalue weighted by molar-refractivity contribution is 6.05. The summed E-state index contributed by atoms with van der Waals surface area (Å²) in [6.45, 7) is 4.02. The van der Waals surface area contributed by atoms with E-state index in [-0.39, 0.29) is 11.3 Å². The number of benzene rings is 1. The van der Waals surface area contributed by atoms with Crippen molar-refractivity contribution < 1.29 is 36.9 Å². The number of esters is 1. The molecule has 0 saturated heterocycles. The fourth-order valence-electron chi connectivity index (χ4n) is 2.64. The number of rotatable bonds is 6. The molecule has 29 heavy (non-hydrogen) atoms. The first-order chi connectivity index (χ1) is 13.7. The topological polar surface area (TPSA) is 82.0 Å². The fourth-order valence-corrected chi connectivity index (χ4v) is 2.64. The Labute approximate surface area is 165 Å². The molecule has 1 aromatic rings. The lowest BCUT2D eigenvalue weighted by Gasteiger charge is -2.33. The maximum atomic E-state index is 14.0. The lowest BCUT2D eigenvalue weighted by atomic mass is 10.1. The van der Waals surface area contributed by atoms with Crippen LogP contribution in [0.1, 0.15) is 19.4 Å². The van der Waals surface area contributed by atoms with Crippen LogP contribution in [0.2, 0.25) is 0 Å². The molecule has 0 saturated carbocycles. The van der Waals surface area contributed by atoms with Crippen LogP contribution in [0.3, 0.4) is 0 Å². The third-order valence-electron chi connectivity index (χ3n) is 4.24. The van der Waals surface area contributed by atoms with E-state index in [4.69, 9.17) is 14.2 Å². The number of aliphatic imine (C=N–C) groups is 2. The second-order valence-electron chi connectivity index (χ2n) is 5.82. The summed E-state index contributed by atoms with van der Waals surface area (Å²) >= 11 is 0. The van der Waals surface area contributed by atoms with E-state index in [2.05, 4.69) is 14.7 Å². The number of halogens is 3. The van der Waals surface area contributed by atoms with Crippen molar-refractivity contribution in [3.63, 3.8) is 0 Å². The Hall–Kier alpha value is -2.98. The summed E-state index contributed by atoms with van der Waals surface area (Å²) in [6, 6.07) is 3.92. The second kappa shape index (κ2) is 8.58. The zero-order valence-electron chi connectivity index (χ0n) is 16.7. The Balaban J connectivity index is 2.72. The monoisotopic (exact) mass is 417 g/mol. The van der Waals surface area contributed by atoms with E-state index in [0.717, 1.165) is 7.11 Å². The summed E-state index contributed by atoms with van der Waals surface area (Å²) in [5, 5.41) is 0. The molecule has 1 atom stereocenters. The van der Waals surface area contributed by atoms with Crippen LogP contribution in [-0.4, -0.2) is 69.0 Å². The zero-order valence-corrected chi connectivity index (χ0v) is 16.7. The van der Waals surface area contributed by atoms with Gasteiger partial charge in [0.2, 0.25) is 5.90 Å². The van der Waals surface area contributed by atoms with Crippen molar-refractivity contribution in [2.24, 2.45) is 9.98 Å². The van der Waals surface area contributed by atoms with Gasteiger partial charge in [-0.25, -0.2) is 4.79 Å². The van der Waals surface area contributed by atoms with Crippen molar-refractivity contribution in [3.05, 3.63) is 23.8 Å². The number of carbonyl (C=O) groups is 1. The molecule has 0 N–H and O–H groups in total. The van der Waals surface area contributed by atoms with Crippen LogP contribution in [0.15, 0.2) is 28.2 Å². The van der Waals surface area contributed by atoms with Crippen LogP contribution < -0.4 is 9.47 Å². The van der Waals surface area contributed by atoms with E-state index < -0.39 is 29.7 Å². The predicted molar refractivity (Wildman–Crippen MR) is 98.3 cm³/mol. The lowest BCUT2D eigenvalue weighted by molar-refractivity contribution is -0.202. The maximum Gasteiger partial charge on any atom is 0.446 e. The first-order valence-corrected chi connectivity index (χ1v) is 8.67. The summed E-state index contributed by atoms with van der Waals surface area (Å²) in [4.78, 5) is 20.7. The van der Waals surface area contributed by atoms with Gasteiger partial charge in [-0.15, -0.1) is 0 Å². The van der Waals surface area contributed by atoms with Crippen LogP contribution in [0.25, 0.3) is 0 Å². The number of alkyl halides is 3. The van der Waals surface area contributed by atoms with E-state index in [0.29, 0.717) is 18.8 Å². The Morgan fingerprint density at radius 2 is 1.72 bits per heavy atom. The molecule has 8 nitrogen and oxygen atoms in total. The number of carbonyl (C=O) groups excluding carboxylic acids is 1. The van der Waals surface area contributed by atoms with Gasteiger partial charge >= 0.3 is 17.8 Å². The van der Waals surface area contributed by atoms with E-state index >= 15 is 0 Å². The predicted octanol–water partition coefficient (Wildman–Crippen LogP) is 2.61. The van der Waals surface area contributed by atoms with Gasteiger partial charge in [-0.1, -0.05) is 0 Å². The summed E-state index contributed by atoms with van der Waals surface area (Å²) in [6.07, 6.45) is -5.16. The molecule has 0 spiro atoms. The minimum atomic E-state index is -5.16. The van der Waals surface area contributed by atoms with Crippen LogP contribution >= 0.6 is 0 Å². The Bertz CT molecular complexity index is 821. The van der Waals surface area contributed by atoms with Crippen LogP contribution in [0, 0.1) is 0 Å². The van der Waals surface area contributed by atoms with Gasteiger partial charge < -0.3 is 23.8 Å². The number of nitrogens with zero attached hydrogens (tertiary/aromatic N) is 3. The molecular weight excluding hydrogens is 395 g/mol. The molecule has 0 fully saturated rings. The van der Waals surface area contributed by atoms with Crippen LogP contribution in [-0.2, 0) is 14.3 Å². The molecule has 1 aliphatic rings. The Kier molecular flexibility index (Phi) is 6.60. The SMILES string of the molecule is CCN(CC)C1=NC(C(=O)OC)(C(F)(F)F)N=C(c2ccc(OC)c(OC)c2)O1. The fraction of sp³-hybridized carbons (Fsp3) is 0.500. The molecule has 11 heteroatoms. The molecule has 1 aliphatic heterocycles. The Morgan fingerprint density at radius 3 is 2.21 bits per heavy atom. The van der Waals surface area contributed by atoms with Crippen molar-refractivity contribution in [1.82, 2.24) is 4.90 Å². The Morgan fingerprint density at radius 1 is 1.10 bits per heavy atom. The second-order valence-corrected chi connectivity index (χ2v) is 5.82. The molecule has 0 aliphatic carbocycles. The standard InChI is InChI=1S/C18H22F3N3O5/c1-6-24(7-2)16-23-17(15(25)28-5,18(19,20)21)22-14(29-16)11-8-9-12(26-3)13(10-11)27-4/h8-10H,6-7H2,1-5H3. The van der Waals surface area contributed by atoms with E-state index in [1.165, 1.54) is 37.3 Å². The highest BCUT2D eigenvalue weighted by Gasteiger charge is 2.65. The van der Waals surface area contributed by atoms with Gasteiger partial charge in [0.15, 0.2) is 11.5 Å². The van der Waals surface area contributed by atoms with Gasteiger partial charge in [0, 0.05) is 18.7 Å². The molecule has 0 amide bonds. The molecule has 0 radical (unpaired) electrons. The summed E-state index contributed by atoms with van der Waals surface area (Å²) in [5.74, 6) is -1.51. The van der Waals surface area contributed by atoms with E-state index in [1.807, 2.05) is 0 Å².